The van der Waals surface area contributed by atoms with E-state index in [1.807, 2.05) is 19.1 Å². The van der Waals surface area contributed by atoms with Crippen LogP contribution in [0.1, 0.15) is 25.8 Å². The topological polar surface area (TPSA) is 66.8 Å². The van der Waals surface area contributed by atoms with Crippen molar-refractivity contribution in [3.05, 3.63) is 29.8 Å². The predicted molar refractivity (Wildman–Crippen MR) is 75.8 cm³/mol. The first-order valence-electron chi connectivity index (χ1n) is 6.59. The van der Waals surface area contributed by atoms with Crippen molar-refractivity contribution in [2.75, 3.05) is 7.05 Å². The minimum absolute atomic E-state index is 0.347. The fourth-order valence-electron chi connectivity index (χ4n) is 1.93. The molecule has 0 bridgehead atoms. The zero-order valence-corrected chi connectivity index (χ0v) is 12.3. The van der Waals surface area contributed by atoms with Crippen LogP contribution in [0.2, 0.25) is 0 Å². The molecule has 0 fully saturated rings. The van der Waals surface area contributed by atoms with Crippen molar-refractivity contribution in [1.82, 2.24) is 4.90 Å². The summed E-state index contributed by atoms with van der Waals surface area (Å²) in [5.41, 5.74) is 1.10. The third kappa shape index (κ3) is 3.98. The van der Waals surface area contributed by atoms with E-state index in [0.29, 0.717) is 12.2 Å². The predicted octanol–water partition coefficient (Wildman–Crippen LogP) is 2.08. The Hall–Kier alpha value is -2.04. The molecule has 0 aliphatic carbocycles. The molecule has 0 aliphatic heterocycles. The second-order valence-electron chi connectivity index (χ2n) is 4.78. The summed E-state index contributed by atoms with van der Waals surface area (Å²) in [6.07, 6.45) is -0.370. The van der Waals surface area contributed by atoms with Gasteiger partial charge in [0, 0.05) is 7.05 Å². The van der Waals surface area contributed by atoms with Crippen molar-refractivity contribution in [3.8, 4) is 5.75 Å². The second kappa shape index (κ2) is 6.93. The summed E-state index contributed by atoms with van der Waals surface area (Å²) in [4.78, 5) is 24.4. The molecule has 1 rings (SSSR count). The van der Waals surface area contributed by atoms with Crippen molar-refractivity contribution in [2.24, 2.45) is 0 Å². The number of ether oxygens (including phenoxy) is 1. The molecule has 1 aromatic carbocycles. The average molecular weight is 279 g/mol. The van der Waals surface area contributed by atoms with Crippen molar-refractivity contribution >= 4 is 11.9 Å². The Kier molecular flexibility index (Phi) is 5.55. The van der Waals surface area contributed by atoms with Crippen molar-refractivity contribution in [1.29, 1.82) is 0 Å². The summed E-state index contributed by atoms with van der Waals surface area (Å²) in [5.74, 6) is -0.765. The maximum absolute atomic E-state index is 12.2. The Bertz CT molecular complexity index is 469. The molecule has 5 heteroatoms. The lowest BCUT2D eigenvalue weighted by Crippen LogP contribution is -2.47. The number of hydrogen-bond donors (Lipinski definition) is 1. The number of carbonyl (C=O) groups is 2. The van der Waals surface area contributed by atoms with Crippen molar-refractivity contribution in [2.45, 2.75) is 39.3 Å². The van der Waals surface area contributed by atoms with E-state index < -0.39 is 18.1 Å². The van der Waals surface area contributed by atoms with E-state index in [9.17, 15) is 9.59 Å². The minimum atomic E-state index is -1.01. The maximum atomic E-state index is 12.2. The fraction of sp³-hybridized carbons (Fsp3) is 0.467. The van der Waals surface area contributed by atoms with Crippen molar-refractivity contribution in [3.63, 3.8) is 0 Å². The Balaban J connectivity index is 2.71. The number of aryl methyl sites for hydroxylation is 1. The van der Waals surface area contributed by atoms with Gasteiger partial charge in [-0.05, 0) is 32.4 Å². The first-order valence-corrected chi connectivity index (χ1v) is 6.59. The van der Waals surface area contributed by atoms with Gasteiger partial charge in [-0.15, -0.1) is 0 Å². The third-order valence-electron chi connectivity index (χ3n) is 3.17. The van der Waals surface area contributed by atoms with E-state index in [-0.39, 0.29) is 5.91 Å². The van der Waals surface area contributed by atoms with Crippen LogP contribution in [0.15, 0.2) is 24.3 Å². The molecule has 1 aromatic rings. The molecular formula is C15H21NO4. The molecule has 0 spiro atoms. The number of nitrogens with zero attached hydrogens (tertiary/aromatic N) is 1. The van der Waals surface area contributed by atoms with Gasteiger partial charge < -0.3 is 14.7 Å². The van der Waals surface area contributed by atoms with E-state index >= 15 is 0 Å². The average Bonchev–Trinajstić information content (AvgIpc) is 2.40. The van der Waals surface area contributed by atoms with Crippen molar-refractivity contribution < 1.29 is 19.4 Å². The van der Waals surface area contributed by atoms with Gasteiger partial charge in [-0.2, -0.15) is 0 Å². The van der Waals surface area contributed by atoms with Gasteiger partial charge in [-0.25, -0.2) is 4.79 Å². The molecule has 0 saturated heterocycles. The normalized spacial score (nSPS) is 13.4. The van der Waals surface area contributed by atoms with Crippen LogP contribution in [0, 0.1) is 6.92 Å². The Morgan fingerprint density at radius 3 is 2.30 bits per heavy atom. The Labute approximate surface area is 119 Å². The number of aliphatic carboxylic acids is 1. The maximum Gasteiger partial charge on any atom is 0.326 e. The minimum Gasteiger partial charge on any atom is -0.481 e. The van der Waals surface area contributed by atoms with E-state index in [1.54, 1.807) is 26.0 Å². The van der Waals surface area contributed by atoms with E-state index in [2.05, 4.69) is 0 Å². The van der Waals surface area contributed by atoms with E-state index in [1.165, 1.54) is 11.9 Å². The van der Waals surface area contributed by atoms with Gasteiger partial charge in [0.05, 0.1) is 0 Å². The number of hydrogen-bond acceptors (Lipinski definition) is 3. The van der Waals surface area contributed by atoms with Gasteiger partial charge in [0.15, 0.2) is 6.10 Å². The molecule has 0 saturated carbocycles. The van der Waals surface area contributed by atoms with Crippen LogP contribution in [0.5, 0.6) is 5.75 Å². The summed E-state index contributed by atoms with van der Waals surface area (Å²) in [6.45, 7) is 5.31. The summed E-state index contributed by atoms with van der Waals surface area (Å²) in [5, 5.41) is 9.06. The first kappa shape index (κ1) is 16.0. The largest absolute Gasteiger partial charge is 0.481 e. The highest BCUT2D eigenvalue weighted by atomic mass is 16.5. The summed E-state index contributed by atoms with van der Waals surface area (Å²) in [7, 11) is 1.49. The van der Waals surface area contributed by atoms with E-state index in [0.717, 1.165) is 5.56 Å². The van der Waals surface area contributed by atoms with E-state index in [4.69, 9.17) is 9.84 Å². The summed E-state index contributed by atoms with van der Waals surface area (Å²) >= 11 is 0. The highest BCUT2D eigenvalue weighted by molar-refractivity contribution is 5.86. The number of carboxylic acids is 1. The fourth-order valence-corrected chi connectivity index (χ4v) is 1.93. The number of amides is 1. The van der Waals surface area contributed by atoms with Gasteiger partial charge in [0.1, 0.15) is 11.8 Å². The van der Waals surface area contributed by atoms with Gasteiger partial charge in [-0.3, -0.25) is 4.79 Å². The number of carboxylic acid groups (broad SMARTS) is 1. The van der Waals surface area contributed by atoms with Gasteiger partial charge in [0.2, 0.25) is 0 Å². The number of carbonyl (C=O) groups excluding carboxylic acids is 1. The zero-order valence-electron chi connectivity index (χ0n) is 12.3. The Morgan fingerprint density at radius 2 is 1.85 bits per heavy atom. The van der Waals surface area contributed by atoms with Crippen LogP contribution in [0.25, 0.3) is 0 Å². The van der Waals surface area contributed by atoms with Gasteiger partial charge in [-0.1, -0.05) is 24.6 Å². The third-order valence-corrected chi connectivity index (χ3v) is 3.17. The smallest absolute Gasteiger partial charge is 0.326 e. The molecule has 2 atom stereocenters. The molecule has 5 nitrogen and oxygen atoms in total. The van der Waals surface area contributed by atoms with Crippen LogP contribution >= 0.6 is 0 Å². The second-order valence-corrected chi connectivity index (χ2v) is 4.78. The molecule has 2 unspecified atom stereocenters. The standard InChI is InChI=1S/C15H21NO4/c1-5-13(15(18)19)16(4)14(17)11(3)20-12-8-6-10(2)7-9-12/h6-9,11,13H,5H2,1-4H3,(H,18,19). The highest BCUT2D eigenvalue weighted by Crippen LogP contribution is 2.15. The molecular weight excluding hydrogens is 258 g/mol. The quantitative estimate of drug-likeness (QED) is 0.865. The summed E-state index contributed by atoms with van der Waals surface area (Å²) in [6, 6.07) is 6.53. The molecule has 1 amide bonds. The van der Waals surface area contributed by atoms with Gasteiger partial charge >= 0.3 is 5.97 Å². The molecule has 0 aromatic heterocycles. The SMILES string of the molecule is CCC(C(=O)O)N(C)C(=O)C(C)Oc1ccc(C)cc1. The molecule has 0 radical (unpaired) electrons. The van der Waals surface area contributed by atoms with Gasteiger partial charge in [0.25, 0.3) is 5.91 Å². The highest BCUT2D eigenvalue weighted by Gasteiger charge is 2.28. The lowest BCUT2D eigenvalue weighted by molar-refractivity contribution is -0.151. The Morgan fingerprint density at radius 1 is 1.30 bits per heavy atom. The summed E-state index contributed by atoms with van der Waals surface area (Å²) < 4.78 is 5.54. The van der Waals surface area contributed by atoms with Crippen LogP contribution in [0.4, 0.5) is 0 Å². The first-order chi connectivity index (χ1) is 9.36. The molecule has 110 valence electrons. The number of rotatable bonds is 6. The molecule has 0 aliphatic rings. The van der Waals surface area contributed by atoms with Crippen LogP contribution in [0.3, 0.4) is 0 Å². The zero-order chi connectivity index (χ0) is 15.3. The lowest BCUT2D eigenvalue weighted by atomic mass is 10.2. The molecule has 1 N–H and O–H groups in total. The van der Waals surface area contributed by atoms with Crippen LogP contribution in [-0.2, 0) is 9.59 Å². The van der Waals surface area contributed by atoms with Crippen LogP contribution < -0.4 is 4.74 Å². The number of likely N-dealkylation sites (N-methyl/N-ethyl adjacent to an activating group) is 1. The number of benzene rings is 1. The lowest BCUT2D eigenvalue weighted by Gasteiger charge is -2.26. The van der Waals surface area contributed by atoms with Crippen LogP contribution in [-0.4, -0.2) is 41.1 Å². The molecule has 20 heavy (non-hydrogen) atoms. The molecule has 0 heterocycles. The monoisotopic (exact) mass is 279 g/mol.